The molecule has 0 bridgehead atoms. The number of halogens is 1. The summed E-state index contributed by atoms with van der Waals surface area (Å²) in [4.78, 5) is 0. The molecule has 1 aliphatic heterocycles. The molecule has 0 fully saturated rings. The van der Waals surface area contributed by atoms with Crippen molar-refractivity contribution in [1.29, 1.82) is 5.26 Å². The van der Waals surface area contributed by atoms with Gasteiger partial charge in [0.2, 0.25) is 0 Å². The van der Waals surface area contributed by atoms with Crippen LogP contribution in [0, 0.1) is 17.1 Å². The van der Waals surface area contributed by atoms with E-state index in [4.69, 9.17) is 0 Å². The lowest BCUT2D eigenvalue weighted by atomic mass is 10.1. The molecular weight excluding hydrogens is 367 g/mol. The predicted octanol–water partition coefficient (Wildman–Crippen LogP) is 4.23. The molecule has 2 aromatic carbocycles. The summed E-state index contributed by atoms with van der Waals surface area (Å²) in [6.45, 7) is 1.57. The van der Waals surface area contributed by atoms with Gasteiger partial charge in [0.15, 0.2) is 0 Å². The van der Waals surface area contributed by atoms with Crippen LogP contribution in [0.3, 0.4) is 0 Å². The van der Waals surface area contributed by atoms with Crippen LogP contribution in [-0.4, -0.2) is 33.5 Å². The highest BCUT2D eigenvalue weighted by Gasteiger charge is 2.38. The highest BCUT2D eigenvalue weighted by Crippen LogP contribution is 2.59. The summed E-state index contributed by atoms with van der Waals surface area (Å²) < 4.78 is 39.4. The lowest BCUT2D eigenvalue weighted by Gasteiger charge is -2.54. The fraction of sp³-hybridized carbons (Fsp3) is 0.316. The zero-order valence-corrected chi connectivity index (χ0v) is 15.9. The van der Waals surface area contributed by atoms with E-state index in [1.807, 2.05) is 7.05 Å². The minimum absolute atomic E-state index is 0.100. The Morgan fingerprint density at radius 1 is 1.19 bits per heavy atom. The zero-order chi connectivity index (χ0) is 19.4. The maximum Gasteiger partial charge on any atom is 0.148 e. The van der Waals surface area contributed by atoms with Gasteiger partial charge >= 0.3 is 0 Å². The van der Waals surface area contributed by atoms with Gasteiger partial charge in [-0.25, -0.2) is 8.70 Å². The van der Waals surface area contributed by atoms with Gasteiger partial charge < -0.3 is 5.32 Å². The second-order valence-electron chi connectivity index (χ2n) is 6.37. The third kappa shape index (κ3) is 3.93. The van der Waals surface area contributed by atoms with E-state index in [1.54, 1.807) is 34.6 Å². The normalized spacial score (nSPS) is 17.2. The topological polar surface area (TPSA) is 82.8 Å². The number of nitrogens with one attached hydrogen (secondary N) is 1. The molecule has 0 atom stereocenters. The Morgan fingerprint density at radius 2 is 1.96 bits per heavy atom. The molecule has 0 spiro atoms. The van der Waals surface area contributed by atoms with Crippen LogP contribution in [-0.2, 0) is 6.54 Å². The molecule has 2 aromatic rings. The Morgan fingerprint density at radius 3 is 2.67 bits per heavy atom. The molecule has 0 unspecified atom stereocenters. The number of fused-ring (bicyclic) bond motifs is 1. The van der Waals surface area contributed by atoms with Crippen LogP contribution >= 0.6 is 11.0 Å². The standard InChI is InChI=1S/C19H23FN4O2S/c1-22-10-4-5-11-23-14-16-12-15(13-21)8-9-18(16)24(27(23,25)26)19-7-3-2-6-17(19)20/h2-3,6-9,12,22,25-26H,4-5,10-11,14H2,1H3. The first kappa shape index (κ1) is 19.6. The predicted molar refractivity (Wildman–Crippen MR) is 106 cm³/mol. The highest BCUT2D eigenvalue weighted by molar-refractivity contribution is 8.23. The summed E-state index contributed by atoms with van der Waals surface area (Å²) in [5, 5.41) is 12.3. The maximum atomic E-state index is 14.5. The van der Waals surface area contributed by atoms with E-state index in [-0.39, 0.29) is 12.2 Å². The van der Waals surface area contributed by atoms with Crippen molar-refractivity contribution in [2.24, 2.45) is 0 Å². The Balaban J connectivity index is 2.04. The van der Waals surface area contributed by atoms with Gasteiger partial charge in [-0.1, -0.05) is 12.1 Å². The first-order valence-corrected chi connectivity index (χ1v) is 10.2. The summed E-state index contributed by atoms with van der Waals surface area (Å²) in [6, 6.07) is 13.1. The Bertz CT molecular complexity index is 856. The van der Waals surface area contributed by atoms with Gasteiger partial charge in [-0.05, 0) is 73.3 Å². The molecule has 1 aliphatic rings. The smallest absolute Gasteiger partial charge is 0.148 e. The van der Waals surface area contributed by atoms with Crippen molar-refractivity contribution in [3.63, 3.8) is 0 Å². The SMILES string of the molecule is CNCCCCN1Cc2cc(C#N)ccc2N(c2ccccc2F)S1(O)O. The zero-order valence-electron chi connectivity index (χ0n) is 15.1. The van der Waals surface area contributed by atoms with Crippen LogP contribution in [0.2, 0.25) is 0 Å². The van der Waals surface area contributed by atoms with Crippen molar-refractivity contribution in [2.45, 2.75) is 19.4 Å². The molecule has 6 nitrogen and oxygen atoms in total. The quantitative estimate of drug-likeness (QED) is 0.640. The number of rotatable bonds is 6. The largest absolute Gasteiger partial charge is 0.320 e. The van der Waals surface area contributed by atoms with Crippen molar-refractivity contribution in [2.75, 3.05) is 24.4 Å². The van der Waals surface area contributed by atoms with Gasteiger partial charge in [0.1, 0.15) is 5.82 Å². The lowest BCUT2D eigenvalue weighted by Crippen LogP contribution is -2.42. The van der Waals surface area contributed by atoms with Crippen LogP contribution in [0.1, 0.15) is 24.0 Å². The molecule has 0 amide bonds. The summed E-state index contributed by atoms with van der Waals surface area (Å²) in [5.41, 5.74) is 1.85. The average molecular weight is 390 g/mol. The Labute approximate surface area is 160 Å². The summed E-state index contributed by atoms with van der Waals surface area (Å²) in [5.74, 6) is -0.537. The molecule has 8 heteroatoms. The van der Waals surface area contributed by atoms with Crippen molar-refractivity contribution in [3.8, 4) is 6.07 Å². The molecule has 0 saturated carbocycles. The first-order chi connectivity index (χ1) is 13.0. The summed E-state index contributed by atoms with van der Waals surface area (Å²) in [6.07, 6.45) is 1.64. The highest BCUT2D eigenvalue weighted by atomic mass is 32.3. The fourth-order valence-corrected chi connectivity index (χ4v) is 4.94. The summed E-state index contributed by atoms with van der Waals surface area (Å²) >= 11 is 0. The van der Waals surface area contributed by atoms with Gasteiger partial charge in [-0.2, -0.15) is 9.57 Å². The van der Waals surface area contributed by atoms with Crippen LogP contribution in [0.4, 0.5) is 15.8 Å². The van der Waals surface area contributed by atoms with E-state index in [0.717, 1.165) is 24.9 Å². The van der Waals surface area contributed by atoms with E-state index in [9.17, 15) is 18.8 Å². The Kier molecular flexibility index (Phi) is 5.99. The second-order valence-corrected chi connectivity index (χ2v) is 8.23. The molecule has 0 radical (unpaired) electrons. The van der Waals surface area contributed by atoms with Crippen LogP contribution < -0.4 is 9.62 Å². The van der Waals surface area contributed by atoms with Crippen molar-refractivity contribution in [3.05, 3.63) is 59.4 Å². The number of anilines is 2. The second kappa shape index (κ2) is 8.25. The van der Waals surface area contributed by atoms with Crippen LogP contribution in [0.15, 0.2) is 42.5 Å². The minimum Gasteiger partial charge on any atom is -0.320 e. The van der Waals surface area contributed by atoms with E-state index in [2.05, 4.69) is 11.4 Å². The third-order valence-electron chi connectivity index (χ3n) is 4.52. The average Bonchev–Trinajstić information content (AvgIpc) is 2.66. The molecule has 3 rings (SSSR count). The van der Waals surface area contributed by atoms with Gasteiger partial charge in [-0.15, -0.1) is 0 Å². The number of benzene rings is 2. The minimum atomic E-state index is -3.44. The lowest BCUT2D eigenvalue weighted by molar-refractivity contribution is 0.329. The number of hydrogen-bond donors (Lipinski definition) is 3. The Hall–Kier alpha value is -2.15. The van der Waals surface area contributed by atoms with Gasteiger partial charge in [0.25, 0.3) is 0 Å². The van der Waals surface area contributed by atoms with E-state index in [1.165, 1.54) is 16.4 Å². The molecule has 144 valence electrons. The van der Waals surface area contributed by atoms with Gasteiger partial charge in [0, 0.05) is 13.1 Å². The number of nitrogens with zero attached hydrogens (tertiary/aromatic N) is 3. The fourth-order valence-electron chi connectivity index (χ4n) is 3.17. The van der Waals surface area contributed by atoms with E-state index < -0.39 is 16.8 Å². The monoisotopic (exact) mass is 390 g/mol. The van der Waals surface area contributed by atoms with E-state index >= 15 is 0 Å². The first-order valence-electron chi connectivity index (χ1n) is 8.75. The van der Waals surface area contributed by atoms with Crippen LogP contribution in [0.5, 0.6) is 0 Å². The number of hydrogen-bond acceptors (Lipinski definition) is 6. The molecule has 27 heavy (non-hydrogen) atoms. The van der Waals surface area contributed by atoms with Crippen molar-refractivity contribution >= 4 is 22.3 Å². The van der Waals surface area contributed by atoms with Crippen molar-refractivity contribution in [1.82, 2.24) is 9.62 Å². The molecule has 0 saturated heterocycles. The molecule has 3 N–H and O–H groups in total. The molecule has 1 heterocycles. The number of unbranched alkanes of at least 4 members (excludes halogenated alkanes) is 1. The van der Waals surface area contributed by atoms with Gasteiger partial charge in [-0.3, -0.25) is 9.11 Å². The molecule has 0 aromatic heterocycles. The maximum absolute atomic E-state index is 14.5. The van der Waals surface area contributed by atoms with E-state index in [0.29, 0.717) is 17.8 Å². The molecule has 0 aliphatic carbocycles. The van der Waals surface area contributed by atoms with Crippen LogP contribution in [0.25, 0.3) is 0 Å². The number of para-hydroxylation sites is 1. The molecular formula is C19H23FN4O2S. The summed E-state index contributed by atoms with van der Waals surface area (Å²) in [7, 11) is -1.57. The third-order valence-corrected chi connectivity index (χ3v) is 6.41. The van der Waals surface area contributed by atoms with Crippen molar-refractivity contribution < 1.29 is 13.5 Å². The van der Waals surface area contributed by atoms with Gasteiger partial charge in [0.05, 0.1) is 23.0 Å². The number of nitriles is 1.